The molecule has 118 valence electrons. The summed E-state index contributed by atoms with van der Waals surface area (Å²) in [5.74, 6) is -0.0276. The van der Waals surface area contributed by atoms with Crippen molar-refractivity contribution in [1.82, 2.24) is 0 Å². The number of ether oxygens (including phenoxy) is 1. The number of anilines is 1. The zero-order chi connectivity index (χ0) is 16.5. The van der Waals surface area contributed by atoms with Gasteiger partial charge in [-0.05, 0) is 55.3 Å². The molecule has 0 saturated heterocycles. The van der Waals surface area contributed by atoms with Crippen LogP contribution in [0.3, 0.4) is 0 Å². The molecule has 2 rings (SSSR count). The van der Waals surface area contributed by atoms with Crippen molar-refractivity contribution in [2.45, 2.75) is 18.7 Å². The Kier molecular flexibility index (Phi) is 4.63. The first-order valence-electron chi connectivity index (χ1n) is 6.37. The van der Waals surface area contributed by atoms with Crippen LogP contribution in [0.2, 0.25) is 5.02 Å². The fourth-order valence-electron chi connectivity index (χ4n) is 2.22. The van der Waals surface area contributed by atoms with Crippen LogP contribution < -0.4 is 9.46 Å². The Morgan fingerprint density at radius 3 is 2.23 bits per heavy atom. The highest BCUT2D eigenvalue weighted by atomic mass is 35.5. The van der Waals surface area contributed by atoms with E-state index in [4.69, 9.17) is 16.3 Å². The molecule has 0 fully saturated rings. The van der Waals surface area contributed by atoms with Crippen LogP contribution in [0.25, 0.3) is 0 Å². The second kappa shape index (κ2) is 6.14. The van der Waals surface area contributed by atoms with Gasteiger partial charge in [0.1, 0.15) is 11.6 Å². The van der Waals surface area contributed by atoms with Crippen LogP contribution in [0.1, 0.15) is 11.1 Å². The number of rotatable bonds is 4. The van der Waals surface area contributed by atoms with Crippen molar-refractivity contribution in [2.75, 3.05) is 11.8 Å². The van der Waals surface area contributed by atoms with Gasteiger partial charge in [-0.25, -0.2) is 12.8 Å². The Morgan fingerprint density at radius 1 is 1.14 bits per heavy atom. The van der Waals surface area contributed by atoms with Gasteiger partial charge in [-0.15, -0.1) is 0 Å². The number of halogens is 2. The first kappa shape index (κ1) is 16.6. The minimum absolute atomic E-state index is 0.150. The summed E-state index contributed by atoms with van der Waals surface area (Å²) in [5.41, 5.74) is 1.30. The second-order valence-corrected chi connectivity index (χ2v) is 6.85. The van der Waals surface area contributed by atoms with Crippen LogP contribution in [0, 0.1) is 19.7 Å². The lowest BCUT2D eigenvalue weighted by molar-refractivity contribution is 0.413. The van der Waals surface area contributed by atoms with E-state index in [0.29, 0.717) is 16.9 Å². The van der Waals surface area contributed by atoms with Crippen molar-refractivity contribution in [3.05, 3.63) is 52.3 Å². The summed E-state index contributed by atoms with van der Waals surface area (Å²) < 4.78 is 45.8. The predicted molar refractivity (Wildman–Crippen MR) is 84.7 cm³/mol. The van der Waals surface area contributed by atoms with E-state index in [2.05, 4.69) is 4.72 Å². The summed E-state index contributed by atoms with van der Waals surface area (Å²) in [6.07, 6.45) is 0. The van der Waals surface area contributed by atoms with Crippen molar-refractivity contribution in [3.63, 3.8) is 0 Å². The van der Waals surface area contributed by atoms with E-state index in [1.165, 1.54) is 19.2 Å². The van der Waals surface area contributed by atoms with Gasteiger partial charge >= 0.3 is 0 Å². The number of nitrogens with one attached hydrogen (secondary N) is 1. The van der Waals surface area contributed by atoms with E-state index in [1.54, 1.807) is 26.0 Å². The van der Waals surface area contributed by atoms with Crippen molar-refractivity contribution in [3.8, 4) is 5.75 Å². The topological polar surface area (TPSA) is 55.4 Å². The molecule has 0 aliphatic heterocycles. The Balaban J connectivity index is 2.44. The first-order valence-corrected chi connectivity index (χ1v) is 8.24. The maximum Gasteiger partial charge on any atom is 0.262 e. The summed E-state index contributed by atoms with van der Waals surface area (Å²) >= 11 is 5.66. The molecule has 22 heavy (non-hydrogen) atoms. The number of aryl methyl sites for hydroxylation is 2. The number of benzene rings is 2. The zero-order valence-corrected chi connectivity index (χ0v) is 13.8. The molecule has 0 bridgehead atoms. The molecule has 0 aliphatic carbocycles. The molecular weight excluding hydrogens is 329 g/mol. The van der Waals surface area contributed by atoms with E-state index < -0.39 is 15.8 Å². The van der Waals surface area contributed by atoms with Gasteiger partial charge in [0, 0.05) is 0 Å². The van der Waals surface area contributed by atoms with Gasteiger partial charge in [0.2, 0.25) is 0 Å². The van der Waals surface area contributed by atoms with Crippen molar-refractivity contribution in [1.29, 1.82) is 0 Å². The van der Waals surface area contributed by atoms with Crippen molar-refractivity contribution in [2.24, 2.45) is 0 Å². The Morgan fingerprint density at radius 2 is 1.73 bits per heavy atom. The number of hydrogen-bond acceptors (Lipinski definition) is 3. The van der Waals surface area contributed by atoms with E-state index in [-0.39, 0.29) is 15.6 Å². The molecule has 2 aromatic carbocycles. The van der Waals surface area contributed by atoms with Crippen LogP contribution in [0.5, 0.6) is 5.75 Å². The molecule has 7 heteroatoms. The average molecular weight is 344 g/mol. The first-order chi connectivity index (χ1) is 10.2. The van der Waals surface area contributed by atoms with Crippen molar-refractivity contribution < 1.29 is 17.5 Å². The molecule has 0 saturated carbocycles. The molecule has 4 nitrogen and oxygen atoms in total. The highest BCUT2D eigenvalue weighted by Gasteiger charge is 2.21. The zero-order valence-electron chi connectivity index (χ0n) is 12.3. The molecule has 0 amide bonds. The summed E-state index contributed by atoms with van der Waals surface area (Å²) in [4.78, 5) is 0.161. The van der Waals surface area contributed by atoms with E-state index >= 15 is 0 Å². The van der Waals surface area contributed by atoms with Crippen molar-refractivity contribution >= 4 is 27.3 Å². The largest absolute Gasteiger partial charge is 0.497 e. The van der Waals surface area contributed by atoms with Gasteiger partial charge in [-0.2, -0.15) is 0 Å². The van der Waals surface area contributed by atoms with Gasteiger partial charge in [0.05, 0.1) is 22.7 Å². The number of sulfonamides is 1. The van der Waals surface area contributed by atoms with Gasteiger partial charge in [-0.1, -0.05) is 11.6 Å². The van der Waals surface area contributed by atoms with E-state index in [0.717, 1.165) is 6.07 Å². The average Bonchev–Trinajstić information content (AvgIpc) is 2.41. The molecule has 0 unspecified atom stereocenters. The van der Waals surface area contributed by atoms with Crippen LogP contribution in [0.4, 0.5) is 10.1 Å². The maximum absolute atomic E-state index is 13.1. The molecular formula is C15H15ClFNO3S. The van der Waals surface area contributed by atoms with Crippen LogP contribution >= 0.6 is 11.6 Å². The lowest BCUT2D eigenvalue weighted by atomic mass is 10.1. The normalized spacial score (nSPS) is 11.3. The lowest BCUT2D eigenvalue weighted by Gasteiger charge is -2.14. The van der Waals surface area contributed by atoms with Crippen LogP contribution in [0.15, 0.2) is 35.2 Å². The predicted octanol–water partition coefficient (Wildman–Crippen LogP) is 3.91. The monoisotopic (exact) mass is 343 g/mol. The smallest absolute Gasteiger partial charge is 0.262 e. The molecule has 0 spiro atoms. The summed E-state index contributed by atoms with van der Waals surface area (Å²) in [7, 11) is -2.30. The molecule has 0 atom stereocenters. The SMILES string of the molecule is COc1cc(C)c(S(=O)(=O)Nc2ccc(F)c(Cl)c2)c(C)c1. The minimum atomic E-state index is -3.82. The van der Waals surface area contributed by atoms with Gasteiger partial charge in [0.25, 0.3) is 10.0 Å². The quantitative estimate of drug-likeness (QED) is 0.915. The molecule has 0 radical (unpaired) electrons. The third-order valence-electron chi connectivity index (χ3n) is 3.11. The van der Waals surface area contributed by atoms with Gasteiger partial charge < -0.3 is 4.74 Å². The third kappa shape index (κ3) is 3.34. The second-order valence-electron chi connectivity index (χ2n) is 4.82. The molecule has 1 N–H and O–H groups in total. The molecule has 0 aliphatic rings. The minimum Gasteiger partial charge on any atom is -0.497 e. The highest BCUT2D eigenvalue weighted by Crippen LogP contribution is 2.28. The highest BCUT2D eigenvalue weighted by molar-refractivity contribution is 7.92. The number of methoxy groups -OCH3 is 1. The van der Waals surface area contributed by atoms with Crippen LogP contribution in [-0.4, -0.2) is 15.5 Å². The van der Waals surface area contributed by atoms with E-state index in [9.17, 15) is 12.8 Å². The Hall–Kier alpha value is -1.79. The fraction of sp³-hybridized carbons (Fsp3) is 0.200. The summed E-state index contributed by atoms with van der Waals surface area (Å²) in [6.45, 7) is 3.36. The molecule has 2 aromatic rings. The fourth-order valence-corrected chi connectivity index (χ4v) is 3.90. The Bertz CT molecular complexity index is 799. The molecule has 0 heterocycles. The van der Waals surface area contributed by atoms with Crippen LogP contribution in [-0.2, 0) is 10.0 Å². The lowest BCUT2D eigenvalue weighted by Crippen LogP contribution is -2.16. The third-order valence-corrected chi connectivity index (χ3v) is 5.09. The van der Waals surface area contributed by atoms with Gasteiger partial charge in [-0.3, -0.25) is 4.72 Å². The van der Waals surface area contributed by atoms with Gasteiger partial charge in [0.15, 0.2) is 0 Å². The Labute approximate surface area is 133 Å². The standard InChI is InChI=1S/C15H15ClFNO3S/c1-9-6-12(21-3)7-10(2)15(9)22(19,20)18-11-4-5-14(17)13(16)8-11/h4-8,18H,1-3H3. The summed E-state index contributed by atoms with van der Waals surface area (Å²) in [5, 5.41) is -0.150. The molecule has 0 aromatic heterocycles. The summed E-state index contributed by atoms with van der Waals surface area (Å²) in [6, 6.07) is 6.92. The number of hydrogen-bond donors (Lipinski definition) is 1. The van der Waals surface area contributed by atoms with E-state index in [1.807, 2.05) is 0 Å². The maximum atomic E-state index is 13.1.